The van der Waals surface area contributed by atoms with Crippen LogP contribution in [0, 0.1) is 0 Å². The number of hydrogen-bond donors (Lipinski definition) is 0. The molecule has 2 aromatic heterocycles. The van der Waals surface area contributed by atoms with Gasteiger partial charge >= 0.3 is 0 Å². The first kappa shape index (κ1) is 36.8. The topological polar surface area (TPSA) is 62.1 Å². The standard InChI is InChI=1S/C41H51ClN4O2SSi/c1-26(2)29-20-33(27(3)4)37(34(21-29)28(5)6)49-35-22-30(48-40(35)46-25-45-36-38(42)43-24-44-39(36)46)23-47-50(41(7,8)9,31-16-12-10-13-17-31)32-18-14-11-15-19-32/h10-21,24-28,30,35,40H,22-23H2,1-9H3/t30-,35-,40+/m0/s1. The van der Waals surface area contributed by atoms with Crippen molar-refractivity contribution in [3.8, 4) is 0 Å². The molecule has 3 atom stereocenters. The first-order valence-electron chi connectivity index (χ1n) is 17.9. The molecule has 5 aromatic rings. The third-order valence-electron chi connectivity index (χ3n) is 9.98. The molecule has 0 amide bonds. The largest absolute Gasteiger partial charge is 0.405 e. The summed E-state index contributed by atoms with van der Waals surface area (Å²) in [6.45, 7) is 21.2. The number of rotatable bonds is 11. The van der Waals surface area contributed by atoms with Crippen LogP contribution in [0.4, 0.5) is 0 Å². The number of nitrogens with zero attached hydrogens (tertiary/aromatic N) is 4. The highest BCUT2D eigenvalue weighted by Crippen LogP contribution is 2.48. The average molecular weight is 727 g/mol. The summed E-state index contributed by atoms with van der Waals surface area (Å²) >= 11 is 8.44. The van der Waals surface area contributed by atoms with Crippen molar-refractivity contribution < 1.29 is 9.16 Å². The molecule has 0 aliphatic carbocycles. The molecule has 1 aliphatic rings. The lowest BCUT2D eigenvalue weighted by Crippen LogP contribution is -2.67. The van der Waals surface area contributed by atoms with E-state index < -0.39 is 8.32 Å². The van der Waals surface area contributed by atoms with Crippen molar-refractivity contribution in [3.63, 3.8) is 0 Å². The minimum atomic E-state index is -2.76. The maximum absolute atomic E-state index is 7.42. The summed E-state index contributed by atoms with van der Waals surface area (Å²) in [4.78, 5) is 14.8. The van der Waals surface area contributed by atoms with Crippen molar-refractivity contribution in [2.75, 3.05) is 6.61 Å². The number of halogens is 1. The Morgan fingerprint density at radius 1 is 0.860 bits per heavy atom. The van der Waals surface area contributed by atoms with Crippen molar-refractivity contribution in [2.45, 2.75) is 114 Å². The number of thioether (sulfide) groups is 1. The molecule has 3 heterocycles. The van der Waals surface area contributed by atoms with Gasteiger partial charge < -0.3 is 9.16 Å². The highest BCUT2D eigenvalue weighted by molar-refractivity contribution is 8.00. The first-order chi connectivity index (χ1) is 23.8. The molecule has 0 bridgehead atoms. The van der Waals surface area contributed by atoms with E-state index in [4.69, 9.17) is 20.8 Å². The molecule has 6 rings (SSSR count). The third-order valence-corrected chi connectivity index (χ3v) is 16.7. The van der Waals surface area contributed by atoms with E-state index >= 15 is 0 Å². The lowest BCUT2D eigenvalue weighted by molar-refractivity contribution is -0.0164. The monoisotopic (exact) mass is 726 g/mol. The van der Waals surface area contributed by atoms with E-state index in [2.05, 4.69) is 155 Å². The predicted octanol–water partition coefficient (Wildman–Crippen LogP) is 9.87. The molecule has 9 heteroatoms. The Kier molecular flexibility index (Phi) is 11.0. The van der Waals surface area contributed by atoms with Gasteiger partial charge in [0.05, 0.1) is 24.3 Å². The van der Waals surface area contributed by atoms with E-state index in [-0.39, 0.29) is 22.6 Å². The number of benzene rings is 3. The molecule has 1 fully saturated rings. The van der Waals surface area contributed by atoms with Gasteiger partial charge in [-0.1, -0.05) is 147 Å². The Morgan fingerprint density at radius 3 is 1.96 bits per heavy atom. The fourth-order valence-corrected chi connectivity index (χ4v) is 13.9. The van der Waals surface area contributed by atoms with Gasteiger partial charge in [-0.05, 0) is 56.3 Å². The van der Waals surface area contributed by atoms with Crippen LogP contribution in [-0.2, 0) is 9.16 Å². The molecule has 3 aromatic carbocycles. The Hall–Kier alpha value is -3.01. The van der Waals surface area contributed by atoms with Gasteiger partial charge in [0, 0.05) is 4.90 Å². The molecular weight excluding hydrogens is 676 g/mol. The van der Waals surface area contributed by atoms with Crippen molar-refractivity contribution in [3.05, 3.63) is 107 Å². The summed E-state index contributed by atoms with van der Waals surface area (Å²) in [7, 11) is -2.76. The zero-order valence-corrected chi connectivity index (χ0v) is 33.4. The molecular formula is C41H51ClN4O2SSi. The lowest BCUT2D eigenvalue weighted by Gasteiger charge is -2.43. The highest BCUT2D eigenvalue weighted by Gasteiger charge is 2.51. The number of aromatic nitrogens is 4. The maximum Gasteiger partial charge on any atom is 0.261 e. The van der Waals surface area contributed by atoms with Gasteiger partial charge in [0.15, 0.2) is 10.8 Å². The summed E-state index contributed by atoms with van der Waals surface area (Å²) in [5.74, 6) is 1.21. The molecule has 0 radical (unpaired) electrons. The van der Waals surface area contributed by atoms with Crippen LogP contribution >= 0.6 is 23.4 Å². The molecule has 0 spiro atoms. The van der Waals surface area contributed by atoms with Crippen LogP contribution in [0.3, 0.4) is 0 Å². The van der Waals surface area contributed by atoms with Gasteiger partial charge in [-0.25, -0.2) is 15.0 Å². The number of ether oxygens (including phenoxy) is 1. The van der Waals surface area contributed by atoms with E-state index in [1.165, 1.54) is 38.3 Å². The minimum Gasteiger partial charge on any atom is -0.405 e. The number of imidazole rings is 1. The van der Waals surface area contributed by atoms with Gasteiger partial charge in [-0.3, -0.25) is 4.57 Å². The van der Waals surface area contributed by atoms with Crippen LogP contribution in [0.5, 0.6) is 0 Å². The molecule has 1 aliphatic heterocycles. The van der Waals surface area contributed by atoms with Crippen LogP contribution in [-0.4, -0.2) is 45.8 Å². The van der Waals surface area contributed by atoms with Crippen molar-refractivity contribution >= 4 is 53.2 Å². The van der Waals surface area contributed by atoms with Gasteiger partial charge in [-0.2, -0.15) is 0 Å². The molecule has 264 valence electrons. The summed E-state index contributed by atoms with van der Waals surface area (Å²) < 4.78 is 16.5. The summed E-state index contributed by atoms with van der Waals surface area (Å²) in [5.41, 5.74) is 5.45. The van der Waals surface area contributed by atoms with Crippen molar-refractivity contribution in [1.82, 2.24) is 19.5 Å². The van der Waals surface area contributed by atoms with E-state index in [0.717, 1.165) is 6.42 Å². The second kappa shape index (κ2) is 14.9. The molecule has 0 unspecified atom stereocenters. The Labute approximate surface area is 308 Å². The fraction of sp³-hybridized carbons (Fsp3) is 0.439. The lowest BCUT2D eigenvalue weighted by atomic mass is 9.89. The summed E-state index contributed by atoms with van der Waals surface area (Å²) in [5, 5.41) is 2.82. The van der Waals surface area contributed by atoms with Crippen molar-refractivity contribution in [2.24, 2.45) is 0 Å². The van der Waals surface area contributed by atoms with Crippen LogP contribution in [0.15, 0.2) is 90.3 Å². The van der Waals surface area contributed by atoms with Crippen LogP contribution < -0.4 is 10.4 Å². The highest BCUT2D eigenvalue weighted by atomic mass is 35.5. The average Bonchev–Trinajstić information content (AvgIpc) is 3.69. The maximum atomic E-state index is 7.42. The zero-order valence-electron chi connectivity index (χ0n) is 30.9. The second-order valence-corrected chi connectivity index (χ2v) is 21.4. The molecule has 50 heavy (non-hydrogen) atoms. The summed E-state index contributed by atoms with van der Waals surface area (Å²) in [6.07, 6.45) is 3.65. The number of fused-ring (bicyclic) bond motifs is 1. The van der Waals surface area contributed by atoms with Crippen LogP contribution in [0.25, 0.3) is 11.2 Å². The Morgan fingerprint density at radius 2 is 1.44 bits per heavy atom. The van der Waals surface area contributed by atoms with Gasteiger partial charge in [-0.15, -0.1) is 11.8 Å². The van der Waals surface area contributed by atoms with Crippen LogP contribution in [0.1, 0.15) is 109 Å². The predicted molar refractivity (Wildman–Crippen MR) is 211 cm³/mol. The van der Waals surface area contributed by atoms with Gasteiger partial charge in [0.1, 0.15) is 18.1 Å². The van der Waals surface area contributed by atoms with E-state index in [0.29, 0.717) is 40.7 Å². The third kappa shape index (κ3) is 7.07. The molecule has 0 saturated carbocycles. The van der Waals surface area contributed by atoms with Crippen molar-refractivity contribution in [1.29, 1.82) is 0 Å². The summed E-state index contributed by atoms with van der Waals surface area (Å²) in [6, 6.07) is 26.5. The second-order valence-electron chi connectivity index (χ2n) is 15.5. The number of hydrogen-bond acceptors (Lipinski definition) is 6. The SMILES string of the molecule is CC(C)c1cc(C(C)C)c(S[C@H]2C[C@@H](CO[Si](c3ccccc3)(c3ccccc3)C(C)(C)C)O[C@H]2n2cnc3c(Cl)ncnc32)c(C(C)C)c1. The minimum absolute atomic E-state index is 0.0776. The fourth-order valence-electron chi connectivity index (χ4n) is 7.34. The molecule has 0 N–H and O–H groups in total. The van der Waals surface area contributed by atoms with Crippen LogP contribution in [0.2, 0.25) is 10.2 Å². The van der Waals surface area contributed by atoms with E-state index in [1.54, 1.807) is 0 Å². The quantitative estimate of drug-likeness (QED) is 0.0998. The van der Waals surface area contributed by atoms with Gasteiger partial charge in [0.2, 0.25) is 0 Å². The molecule has 1 saturated heterocycles. The Bertz CT molecular complexity index is 1840. The normalized spacial score (nSPS) is 18.6. The van der Waals surface area contributed by atoms with E-state index in [1.807, 2.05) is 18.1 Å². The first-order valence-corrected chi connectivity index (χ1v) is 21.1. The van der Waals surface area contributed by atoms with E-state index in [9.17, 15) is 0 Å². The zero-order chi connectivity index (χ0) is 35.8. The smallest absolute Gasteiger partial charge is 0.261 e. The van der Waals surface area contributed by atoms with Gasteiger partial charge in [0.25, 0.3) is 8.32 Å². The molecule has 6 nitrogen and oxygen atoms in total. The Balaban J connectivity index is 1.42.